The Balaban J connectivity index is 4.53. The summed E-state index contributed by atoms with van der Waals surface area (Å²) in [6.07, 6.45) is -4.19. The molecular weight excluding hydrogens is 174 g/mol. The summed E-state index contributed by atoms with van der Waals surface area (Å²) in [6.45, 7) is -2.04. The maximum absolute atomic E-state index is 12.2. The molecule has 0 N–H and O–H groups in total. The minimum absolute atomic E-state index is 0.0964. The lowest BCUT2D eigenvalue weighted by Gasteiger charge is -2.26. The molecule has 0 aliphatic heterocycles. The van der Waals surface area contributed by atoms with Gasteiger partial charge in [0.05, 0.1) is 0 Å². The molecule has 0 saturated heterocycles. The molecule has 0 aromatic carbocycles. The molecule has 1 atom stereocenters. The van der Waals surface area contributed by atoms with E-state index in [0.717, 1.165) is 0 Å². The molecule has 0 amide bonds. The Labute approximate surface area is 59.2 Å². The minimum Gasteiger partial charge on any atom is -0.247 e. The standard InChI is InChI=1S/C5H6F6/c1-4(9,2-6)5(10,11)3(7)8/h3H,2H2,1H3. The molecule has 0 aliphatic carbocycles. The highest BCUT2D eigenvalue weighted by molar-refractivity contribution is 4.91. The van der Waals surface area contributed by atoms with Crippen molar-refractivity contribution in [3.63, 3.8) is 0 Å². The summed E-state index contributed by atoms with van der Waals surface area (Å²) in [4.78, 5) is 0. The molecule has 0 rings (SSSR count). The van der Waals surface area contributed by atoms with E-state index in [-0.39, 0.29) is 6.92 Å². The maximum atomic E-state index is 12.2. The average molecular weight is 180 g/mol. The Morgan fingerprint density at radius 1 is 1.18 bits per heavy atom. The van der Waals surface area contributed by atoms with Crippen LogP contribution in [0, 0.1) is 0 Å². The van der Waals surface area contributed by atoms with Crippen LogP contribution in [-0.4, -0.2) is 24.7 Å². The normalized spacial score (nSPS) is 18.5. The molecule has 0 spiro atoms. The Morgan fingerprint density at radius 3 is 1.64 bits per heavy atom. The van der Waals surface area contributed by atoms with Crippen molar-refractivity contribution in [2.75, 3.05) is 6.67 Å². The summed E-state index contributed by atoms with van der Waals surface area (Å²) in [5.74, 6) is -4.93. The lowest BCUT2D eigenvalue weighted by molar-refractivity contribution is -0.212. The average Bonchev–Trinajstić information content (AvgIpc) is 1.87. The Morgan fingerprint density at radius 2 is 1.55 bits per heavy atom. The van der Waals surface area contributed by atoms with Crippen LogP contribution < -0.4 is 0 Å². The molecule has 0 saturated carbocycles. The van der Waals surface area contributed by atoms with Gasteiger partial charge in [-0.2, -0.15) is 8.78 Å². The largest absolute Gasteiger partial charge is 0.342 e. The van der Waals surface area contributed by atoms with Gasteiger partial charge in [-0.15, -0.1) is 0 Å². The van der Waals surface area contributed by atoms with Crippen molar-refractivity contribution in [2.45, 2.75) is 24.9 Å². The van der Waals surface area contributed by atoms with E-state index in [2.05, 4.69) is 0 Å². The molecular formula is C5H6F6. The number of alkyl halides is 6. The first-order valence-corrected chi connectivity index (χ1v) is 2.66. The molecule has 1 unspecified atom stereocenters. The second-order valence-electron chi connectivity index (χ2n) is 2.25. The van der Waals surface area contributed by atoms with Gasteiger partial charge in [-0.3, -0.25) is 0 Å². The van der Waals surface area contributed by atoms with Crippen LogP contribution in [-0.2, 0) is 0 Å². The molecule has 11 heavy (non-hydrogen) atoms. The van der Waals surface area contributed by atoms with Crippen LogP contribution in [0.25, 0.3) is 0 Å². The third kappa shape index (κ3) is 1.78. The van der Waals surface area contributed by atoms with Crippen LogP contribution in [0.1, 0.15) is 6.92 Å². The summed E-state index contributed by atoms with van der Waals surface area (Å²) >= 11 is 0. The summed E-state index contributed by atoms with van der Waals surface area (Å²) in [5, 5.41) is 0. The van der Waals surface area contributed by atoms with Crippen molar-refractivity contribution in [1.82, 2.24) is 0 Å². The van der Waals surface area contributed by atoms with E-state index in [4.69, 9.17) is 0 Å². The zero-order valence-corrected chi connectivity index (χ0v) is 5.55. The second kappa shape index (κ2) is 2.91. The van der Waals surface area contributed by atoms with E-state index in [0.29, 0.717) is 0 Å². The van der Waals surface area contributed by atoms with Crippen LogP contribution >= 0.6 is 0 Å². The zero-order valence-electron chi connectivity index (χ0n) is 5.55. The smallest absolute Gasteiger partial charge is 0.247 e. The molecule has 0 fully saturated rings. The third-order valence-corrected chi connectivity index (χ3v) is 1.22. The topological polar surface area (TPSA) is 0 Å². The van der Waals surface area contributed by atoms with Crippen molar-refractivity contribution in [3.05, 3.63) is 0 Å². The second-order valence-corrected chi connectivity index (χ2v) is 2.25. The van der Waals surface area contributed by atoms with Gasteiger partial charge in [-0.1, -0.05) is 0 Å². The SMILES string of the molecule is CC(F)(CF)C(F)(F)C(F)F. The van der Waals surface area contributed by atoms with Crippen LogP contribution in [0.4, 0.5) is 26.3 Å². The highest BCUT2D eigenvalue weighted by atomic mass is 19.3. The first-order chi connectivity index (χ1) is 4.75. The van der Waals surface area contributed by atoms with E-state index in [1.807, 2.05) is 0 Å². The summed E-state index contributed by atoms with van der Waals surface area (Å²) in [5.41, 5.74) is -3.79. The predicted octanol–water partition coefficient (Wildman–Crippen LogP) is 2.58. The summed E-state index contributed by atoms with van der Waals surface area (Å²) < 4.78 is 70.3. The Bertz CT molecular complexity index is 129. The van der Waals surface area contributed by atoms with Gasteiger partial charge in [0.15, 0.2) is 0 Å². The first kappa shape index (κ1) is 10.6. The zero-order chi connectivity index (χ0) is 9.28. The molecule has 0 radical (unpaired) electrons. The Hall–Kier alpha value is -0.420. The van der Waals surface area contributed by atoms with Gasteiger partial charge < -0.3 is 0 Å². The van der Waals surface area contributed by atoms with Gasteiger partial charge >= 0.3 is 12.3 Å². The predicted molar refractivity (Wildman–Crippen MR) is 26.4 cm³/mol. The molecule has 0 aliphatic rings. The fourth-order valence-electron chi connectivity index (χ4n) is 0.317. The molecule has 68 valence electrons. The van der Waals surface area contributed by atoms with Crippen LogP contribution in [0.15, 0.2) is 0 Å². The van der Waals surface area contributed by atoms with E-state index >= 15 is 0 Å². The fraction of sp³-hybridized carbons (Fsp3) is 1.00. The van der Waals surface area contributed by atoms with Crippen molar-refractivity contribution in [1.29, 1.82) is 0 Å². The van der Waals surface area contributed by atoms with Crippen molar-refractivity contribution < 1.29 is 26.3 Å². The van der Waals surface area contributed by atoms with Crippen LogP contribution in [0.2, 0.25) is 0 Å². The third-order valence-electron chi connectivity index (χ3n) is 1.22. The maximum Gasteiger partial charge on any atom is 0.342 e. The lowest BCUT2D eigenvalue weighted by atomic mass is 10.0. The van der Waals surface area contributed by atoms with Crippen LogP contribution in [0.3, 0.4) is 0 Å². The number of halogens is 6. The monoisotopic (exact) mass is 180 g/mol. The molecule has 0 nitrogen and oxygen atoms in total. The van der Waals surface area contributed by atoms with Crippen molar-refractivity contribution in [2.24, 2.45) is 0 Å². The number of hydrogen-bond donors (Lipinski definition) is 0. The van der Waals surface area contributed by atoms with E-state index in [1.54, 1.807) is 0 Å². The van der Waals surface area contributed by atoms with Crippen molar-refractivity contribution >= 4 is 0 Å². The molecule has 0 heterocycles. The fourth-order valence-corrected chi connectivity index (χ4v) is 0.317. The van der Waals surface area contributed by atoms with Gasteiger partial charge in [0.1, 0.15) is 6.67 Å². The Kier molecular flexibility index (Phi) is 2.79. The van der Waals surface area contributed by atoms with Gasteiger partial charge in [0.2, 0.25) is 5.67 Å². The molecule has 0 aromatic rings. The van der Waals surface area contributed by atoms with Gasteiger partial charge in [-0.25, -0.2) is 17.6 Å². The summed E-state index contributed by atoms with van der Waals surface area (Å²) in [7, 11) is 0. The highest BCUT2D eigenvalue weighted by Gasteiger charge is 2.58. The molecule has 0 aromatic heterocycles. The van der Waals surface area contributed by atoms with E-state index in [9.17, 15) is 26.3 Å². The van der Waals surface area contributed by atoms with Crippen molar-refractivity contribution in [3.8, 4) is 0 Å². The quantitative estimate of drug-likeness (QED) is 0.585. The first-order valence-electron chi connectivity index (χ1n) is 2.66. The molecule has 6 heteroatoms. The van der Waals surface area contributed by atoms with E-state index in [1.165, 1.54) is 0 Å². The highest BCUT2D eigenvalue weighted by Crippen LogP contribution is 2.37. The molecule has 0 bridgehead atoms. The van der Waals surface area contributed by atoms with Crippen LogP contribution in [0.5, 0.6) is 0 Å². The van der Waals surface area contributed by atoms with Gasteiger partial charge in [-0.05, 0) is 6.92 Å². The summed E-state index contributed by atoms with van der Waals surface area (Å²) in [6, 6.07) is 0. The lowest BCUT2D eigenvalue weighted by Crippen LogP contribution is -2.48. The van der Waals surface area contributed by atoms with E-state index < -0.39 is 24.7 Å². The minimum atomic E-state index is -4.93. The number of hydrogen-bond acceptors (Lipinski definition) is 0. The van der Waals surface area contributed by atoms with Gasteiger partial charge in [0.25, 0.3) is 0 Å². The van der Waals surface area contributed by atoms with Gasteiger partial charge in [0, 0.05) is 0 Å². The number of rotatable bonds is 3.